The van der Waals surface area contributed by atoms with E-state index in [9.17, 15) is 9.18 Å². The first-order chi connectivity index (χ1) is 15.6. The van der Waals surface area contributed by atoms with Crippen molar-refractivity contribution in [3.63, 3.8) is 0 Å². The highest BCUT2D eigenvalue weighted by molar-refractivity contribution is 5.96. The Morgan fingerprint density at radius 1 is 1.09 bits per heavy atom. The number of rotatable bonds is 7. The minimum absolute atomic E-state index is 0.141. The second-order valence-corrected chi connectivity index (χ2v) is 8.12. The van der Waals surface area contributed by atoms with Gasteiger partial charge in [-0.25, -0.2) is 4.39 Å². The molecule has 6 nitrogen and oxygen atoms in total. The molecule has 1 aliphatic rings. The van der Waals surface area contributed by atoms with Crippen molar-refractivity contribution < 1.29 is 9.18 Å². The van der Waals surface area contributed by atoms with Crippen molar-refractivity contribution >= 4 is 11.6 Å². The van der Waals surface area contributed by atoms with E-state index in [-0.39, 0.29) is 11.7 Å². The summed E-state index contributed by atoms with van der Waals surface area (Å²) in [5.41, 5.74) is 1.84. The minimum atomic E-state index is -0.427. The standard InChI is InChI=1S/C25H30FN5O/c1-3-30(4-2)23(18-11-7-5-8-12-18)25(32)27-19-14-15-21(26)20(17-19)24-29-28-22-13-9-6-10-16-31(22)24/h5,7-8,11-12,14-15,17,23H,3-4,6,9-10,13,16H2,1-2H3,(H,27,32). The van der Waals surface area contributed by atoms with Gasteiger partial charge in [0.1, 0.15) is 17.7 Å². The first-order valence-corrected chi connectivity index (χ1v) is 11.4. The van der Waals surface area contributed by atoms with Crippen molar-refractivity contribution in [3.05, 3.63) is 65.7 Å². The third kappa shape index (κ3) is 4.58. The molecule has 0 spiro atoms. The number of aromatic nitrogens is 3. The highest BCUT2D eigenvalue weighted by atomic mass is 19.1. The number of carbonyl (C=O) groups is 1. The molecule has 4 rings (SSSR count). The van der Waals surface area contributed by atoms with Crippen molar-refractivity contribution in [2.45, 2.75) is 52.1 Å². The van der Waals surface area contributed by atoms with Gasteiger partial charge in [0.05, 0.1) is 5.56 Å². The second-order valence-electron chi connectivity index (χ2n) is 8.12. The molecule has 1 unspecified atom stereocenters. The molecule has 2 heterocycles. The number of anilines is 1. The van der Waals surface area contributed by atoms with Crippen molar-refractivity contribution in [2.75, 3.05) is 18.4 Å². The topological polar surface area (TPSA) is 63.1 Å². The fraction of sp³-hybridized carbons (Fsp3) is 0.400. The largest absolute Gasteiger partial charge is 0.324 e. The van der Waals surface area contributed by atoms with E-state index in [1.165, 1.54) is 6.07 Å². The molecule has 1 amide bonds. The number of hydrogen-bond acceptors (Lipinski definition) is 4. The Morgan fingerprint density at radius 3 is 2.62 bits per heavy atom. The van der Waals surface area contributed by atoms with Crippen LogP contribution in [0.1, 0.15) is 50.5 Å². The summed E-state index contributed by atoms with van der Waals surface area (Å²) in [6.45, 7) is 6.35. The van der Waals surface area contributed by atoms with Gasteiger partial charge in [0.2, 0.25) is 5.91 Å². The second kappa shape index (κ2) is 10.0. The predicted molar refractivity (Wildman–Crippen MR) is 124 cm³/mol. The average molecular weight is 436 g/mol. The number of halogens is 1. The lowest BCUT2D eigenvalue weighted by Crippen LogP contribution is -2.37. The molecular weight excluding hydrogens is 405 g/mol. The van der Waals surface area contributed by atoms with Crippen molar-refractivity contribution in [1.82, 2.24) is 19.7 Å². The lowest BCUT2D eigenvalue weighted by molar-refractivity contribution is -0.121. The highest BCUT2D eigenvalue weighted by Crippen LogP contribution is 2.29. The van der Waals surface area contributed by atoms with E-state index in [2.05, 4.69) is 20.4 Å². The number of fused-ring (bicyclic) bond motifs is 1. The zero-order chi connectivity index (χ0) is 22.5. The smallest absolute Gasteiger partial charge is 0.246 e. The van der Waals surface area contributed by atoms with Gasteiger partial charge in [-0.05, 0) is 49.7 Å². The summed E-state index contributed by atoms with van der Waals surface area (Å²) in [6.07, 6.45) is 4.09. The number of aryl methyl sites for hydroxylation is 1. The van der Waals surface area contributed by atoms with Gasteiger partial charge in [0.15, 0.2) is 5.82 Å². The van der Waals surface area contributed by atoms with Crippen LogP contribution < -0.4 is 5.32 Å². The van der Waals surface area contributed by atoms with Crippen LogP contribution in [0.4, 0.5) is 10.1 Å². The number of benzene rings is 2. The number of carbonyl (C=O) groups excluding carboxylic acids is 1. The molecule has 0 fully saturated rings. The number of hydrogen-bond donors (Lipinski definition) is 1. The van der Waals surface area contributed by atoms with E-state index < -0.39 is 6.04 Å². The van der Waals surface area contributed by atoms with Crippen LogP contribution in [0.2, 0.25) is 0 Å². The molecule has 1 atom stereocenters. The fourth-order valence-corrected chi connectivity index (χ4v) is 4.42. The molecule has 0 saturated carbocycles. The number of nitrogens with one attached hydrogen (secondary N) is 1. The van der Waals surface area contributed by atoms with Crippen LogP contribution in [0.25, 0.3) is 11.4 Å². The van der Waals surface area contributed by atoms with Crippen LogP contribution in [-0.2, 0) is 17.8 Å². The van der Waals surface area contributed by atoms with Crippen LogP contribution in [-0.4, -0.2) is 38.7 Å². The molecule has 1 N–H and O–H groups in total. The van der Waals surface area contributed by atoms with E-state index in [4.69, 9.17) is 0 Å². The van der Waals surface area contributed by atoms with Gasteiger partial charge in [0.25, 0.3) is 0 Å². The average Bonchev–Trinajstić information content (AvgIpc) is 3.06. The zero-order valence-electron chi connectivity index (χ0n) is 18.7. The summed E-state index contributed by atoms with van der Waals surface area (Å²) >= 11 is 0. The van der Waals surface area contributed by atoms with Crippen molar-refractivity contribution in [3.8, 4) is 11.4 Å². The molecule has 1 aliphatic heterocycles. The van der Waals surface area contributed by atoms with E-state index >= 15 is 0 Å². The Balaban J connectivity index is 1.64. The summed E-state index contributed by atoms with van der Waals surface area (Å²) in [7, 11) is 0. The van der Waals surface area contributed by atoms with Crippen LogP contribution in [0.15, 0.2) is 48.5 Å². The van der Waals surface area contributed by atoms with Crippen LogP contribution in [0.5, 0.6) is 0 Å². The third-order valence-electron chi connectivity index (χ3n) is 6.13. The summed E-state index contributed by atoms with van der Waals surface area (Å²) in [4.78, 5) is 15.5. The SMILES string of the molecule is CCN(CC)C(C(=O)Nc1ccc(F)c(-c2nnc3n2CCCCC3)c1)c1ccccc1. The van der Waals surface area contributed by atoms with Gasteiger partial charge in [-0.15, -0.1) is 10.2 Å². The lowest BCUT2D eigenvalue weighted by Gasteiger charge is -2.29. The van der Waals surface area contributed by atoms with Crippen LogP contribution in [0, 0.1) is 5.82 Å². The Hall–Kier alpha value is -3.06. The summed E-state index contributed by atoms with van der Waals surface area (Å²) in [5.74, 6) is 0.916. The van der Waals surface area contributed by atoms with Gasteiger partial charge >= 0.3 is 0 Å². The molecule has 1 aromatic heterocycles. The molecule has 32 heavy (non-hydrogen) atoms. The Bertz CT molecular complexity index is 1060. The molecule has 0 aliphatic carbocycles. The molecular formula is C25H30FN5O. The molecule has 0 saturated heterocycles. The van der Waals surface area contributed by atoms with Gasteiger partial charge in [-0.3, -0.25) is 9.69 Å². The Kier molecular flexibility index (Phi) is 6.95. The van der Waals surface area contributed by atoms with Crippen LogP contribution >= 0.6 is 0 Å². The number of nitrogens with zero attached hydrogens (tertiary/aromatic N) is 4. The fourth-order valence-electron chi connectivity index (χ4n) is 4.42. The molecule has 7 heteroatoms. The maximum Gasteiger partial charge on any atom is 0.246 e. The van der Waals surface area contributed by atoms with E-state index in [0.29, 0.717) is 17.1 Å². The normalized spacial score (nSPS) is 14.6. The predicted octanol–water partition coefficient (Wildman–Crippen LogP) is 4.83. The van der Waals surface area contributed by atoms with E-state index in [0.717, 1.165) is 56.7 Å². The molecule has 168 valence electrons. The molecule has 3 aromatic rings. The quantitative estimate of drug-likeness (QED) is 0.577. The van der Waals surface area contributed by atoms with Crippen LogP contribution in [0.3, 0.4) is 0 Å². The Labute approximate surface area is 188 Å². The van der Waals surface area contributed by atoms with E-state index in [1.54, 1.807) is 12.1 Å². The molecule has 0 bridgehead atoms. The van der Waals surface area contributed by atoms with Gasteiger partial charge in [-0.2, -0.15) is 0 Å². The van der Waals surface area contributed by atoms with Gasteiger partial charge < -0.3 is 9.88 Å². The van der Waals surface area contributed by atoms with E-state index in [1.807, 2.05) is 48.7 Å². The zero-order valence-corrected chi connectivity index (χ0v) is 18.7. The number of likely N-dealkylation sites (N-methyl/N-ethyl adjacent to an activating group) is 1. The van der Waals surface area contributed by atoms with Gasteiger partial charge in [0, 0.05) is 18.7 Å². The first kappa shape index (κ1) is 22.1. The maximum atomic E-state index is 14.8. The van der Waals surface area contributed by atoms with Gasteiger partial charge in [-0.1, -0.05) is 50.6 Å². The summed E-state index contributed by atoms with van der Waals surface area (Å²) < 4.78 is 16.8. The Morgan fingerprint density at radius 2 is 1.88 bits per heavy atom. The minimum Gasteiger partial charge on any atom is -0.324 e. The third-order valence-corrected chi connectivity index (χ3v) is 6.13. The summed E-state index contributed by atoms with van der Waals surface area (Å²) in [6, 6.07) is 14.0. The lowest BCUT2D eigenvalue weighted by atomic mass is 10.0. The van der Waals surface area contributed by atoms with Crippen molar-refractivity contribution in [1.29, 1.82) is 0 Å². The maximum absolute atomic E-state index is 14.8. The molecule has 2 aromatic carbocycles. The number of amides is 1. The van der Waals surface area contributed by atoms with Crippen molar-refractivity contribution in [2.24, 2.45) is 0 Å². The highest BCUT2D eigenvalue weighted by Gasteiger charge is 2.26. The monoisotopic (exact) mass is 435 g/mol. The molecule has 0 radical (unpaired) electrons. The summed E-state index contributed by atoms with van der Waals surface area (Å²) in [5, 5.41) is 11.6. The first-order valence-electron chi connectivity index (χ1n) is 11.4.